The van der Waals surface area contributed by atoms with E-state index in [9.17, 15) is 9.90 Å². The molecule has 0 spiro atoms. The minimum Gasteiger partial charge on any atom is -0.476 e. The van der Waals surface area contributed by atoms with Gasteiger partial charge in [0.25, 0.3) is 0 Å². The van der Waals surface area contributed by atoms with E-state index in [0.29, 0.717) is 18.0 Å². The zero-order chi connectivity index (χ0) is 17.1. The highest BCUT2D eigenvalue weighted by Gasteiger charge is 2.30. The molecule has 1 fully saturated rings. The zero-order valence-corrected chi connectivity index (χ0v) is 13.7. The second-order valence-electron chi connectivity index (χ2n) is 6.79. The van der Waals surface area contributed by atoms with Crippen LogP contribution in [0.5, 0.6) is 0 Å². The molecular formula is C19H16N4O2. The first-order valence-corrected chi connectivity index (χ1v) is 8.38. The number of carboxylic acids is 1. The van der Waals surface area contributed by atoms with Gasteiger partial charge in [0.15, 0.2) is 5.69 Å². The van der Waals surface area contributed by atoms with Crippen molar-refractivity contribution in [1.29, 1.82) is 0 Å². The number of aromatic carboxylic acids is 1. The first-order chi connectivity index (χ1) is 12.1. The van der Waals surface area contributed by atoms with E-state index in [0.717, 1.165) is 46.7 Å². The molecule has 0 amide bonds. The van der Waals surface area contributed by atoms with Gasteiger partial charge in [0.05, 0.1) is 17.1 Å². The number of hydrogen-bond donors (Lipinski definition) is 1. The third-order valence-electron chi connectivity index (χ3n) is 4.92. The number of aryl methyl sites for hydroxylation is 1. The van der Waals surface area contributed by atoms with Crippen molar-refractivity contribution in [2.24, 2.45) is 0 Å². The van der Waals surface area contributed by atoms with E-state index in [-0.39, 0.29) is 5.69 Å². The first kappa shape index (κ1) is 14.3. The van der Waals surface area contributed by atoms with E-state index in [1.54, 1.807) is 6.33 Å². The summed E-state index contributed by atoms with van der Waals surface area (Å²) in [6.07, 6.45) is 6.19. The summed E-state index contributed by atoms with van der Waals surface area (Å²) < 4.78 is 1.87. The van der Waals surface area contributed by atoms with Crippen molar-refractivity contribution in [3.8, 4) is 16.9 Å². The van der Waals surface area contributed by atoms with Gasteiger partial charge in [0.2, 0.25) is 0 Å². The summed E-state index contributed by atoms with van der Waals surface area (Å²) in [5.41, 5.74) is 5.67. The lowest BCUT2D eigenvalue weighted by molar-refractivity contribution is 0.0690. The summed E-state index contributed by atoms with van der Waals surface area (Å²) in [5.74, 6) is 0.354. The number of aromatic nitrogens is 4. The standard InChI is InChI=1S/C19H16N4O2/c1-10-2-5-14-13(6-10)16-12(8-20-18(22-16)11-3-4-11)7-15-17(19(24)25)21-9-23(14)15/h2,5-6,8-9,11H,3-4,7H2,1H3,(H,24,25). The molecule has 0 radical (unpaired) electrons. The van der Waals surface area contributed by atoms with E-state index in [2.05, 4.69) is 16.0 Å². The fourth-order valence-corrected chi connectivity index (χ4v) is 3.48. The Morgan fingerprint density at radius 1 is 1.28 bits per heavy atom. The fraction of sp³-hybridized carbons (Fsp3) is 0.263. The highest BCUT2D eigenvalue weighted by atomic mass is 16.4. The fourth-order valence-electron chi connectivity index (χ4n) is 3.48. The molecule has 0 unspecified atom stereocenters. The van der Waals surface area contributed by atoms with Gasteiger partial charge in [0, 0.05) is 29.7 Å². The Labute approximate surface area is 144 Å². The highest BCUT2D eigenvalue weighted by Crippen LogP contribution is 2.41. The third kappa shape index (κ3) is 2.17. The van der Waals surface area contributed by atoms with E-state index in [4.69, 9.17) is 4.98 Å². The normalized spacial score (nSPS) is 15.1. The van der Waals surface area contributed by atoms with Crippen molar-refractivity contribution in [1.82, 2.24) is 19.5 Å². The average molecular weight is 332 g/mol. The smallest absolute Gasteiger partial charge is 0.356 e. The molecule has 3 heterocycles. The largest absolute Gasteiger partial charge is 0.476 e. The molecule has 1 aromatic carbocycles. The second-order valence-corrected chi connectivity index (χ2v) is 6.79. The van der Waals surface area contributed by atoms with Gasteiger partial charge < -0.3 is 9.67 Å². The number of carbonyl (C=O) groups is 1. The van der Waals surface area contributed by atoms with Crippen LogP contribution in [0.15, 0.2) is 30.7 Å². The minimum atomic E-state index is -1.01. The SMILES string of the molecule is Cc1ccc2c(c1)-c1nc(C3CC3)ncc1Cc1c(C(=O)O)ncn1-2. The summed E-state index contributed by atoms with van der Waals surface area (Å²) in [7, 11) is 0. The molecule has 0 atom stereocenters. The Kier molecular flexibility index (Phi) is 2.86. The second kappa shape index (κ2) is 4.99. The topological polar surface area (TPSA) is 80.9 Å². The summed E-state index contributed by atoms with van der Waals surface area (Å²) in [6.45, 7) is 2.05. The summed E-state index contributed by atoms with van der Waals surface area (Å²) in [5, 5.41) is 9.48. The molecule has 1 saturated carbocycles. The Morgan fingerprint density at radius 2 is 2.12 bits per heavy atom. The van der Waals surface area contributed by atoms with Crippen molar-refractivity contribution >= 4 is 5.97 Å². The van der Waals surface area contributed by atoms with Crippen LogP contribution in [0, 0.1) is 6.92 Å². The van der Waals surface area contributed by atoms with E-state index in [1.165, 1.54) is 0 Å². The Bertz CT molecular complexity index is 1030. The van der Waals surface area contributed by atoms with Gasteiger partial charge in [-0.25, -0.2) is 19.7 Å². The molecule has 25 heavy (non-hydrogen) atoms. The predicted octanol–water partition coefficient (Wildman–Crippen LogP) is 3.12. The molecule has 6 nitrogen and oxygen atoms in total. The van der Waals surface area contributed by atoms with Crippen LogP contribution in [-0.4, -0.2) is 30.6 Å². The number of carboxylic acid groups (broad SMARTS) is 1. The van der Waals surface area contributed by atoms with Crippen LogP contribution in [0.1, 0.15) is 51.9 Å². The predicted molar refractivity (Wildman–Crippen MR) is 91.1 cm³/mol. The summed E-state index contributed by atoms with van der Waals surface area (Å²) >= 11 is 0. The lowest BCUT2D eigenvalue weighted by Gasteiger charge is -2.11. The van der Waals surface area contributed by atoms with Crippen LogP contribution in [0.25, 0.3) is 16.9 Å². The molecule has 6 heteroatoms. The number of imidazole rings is 1. The molecular weight excluding hydrogens is 316 g/mol. The average Bonchev–Trinajstić information content (AvgIpc) is 3.37. The number of benzene rings is 1. The summed E-state index contributed by atoms with van der Waals surface area (Å²) in [4.78, 5) is 25.1. The lowest BCUT2D eigenvalue weighted by atomic mass is 10.0. The molecule has 5 rings (SSSR count). The van der Waals surface area contributed by atoms with Crippen LogP contribution < -0.4 is 0 Å². The van der Waals surface area contributed by atoms with Gasteiger partial charge in [-0.05, 0) is 31.9 Å². The van der Waals surface area contributed by atoms with Crippen LogP contribution >= 0.6 is 0 Å². The van der Waals surface area contributed by atoms with Crippen molar-refractivity contribution < 1.29 is 9.90 Å². The van der Waals surface area contributed by atoms with Gasteiger partial charge in [-0.2, -0.15) is 0 Å². The molecule has 1 aliphatic carbocycles. The zero-order valence-electron chi connectivity index (χ0n) is 13.7. The maximum Gasteiger partial charge on any atom is 0.356 e. The maximum atomic E-state index is 11.6. The van der Waals surface area contributed by atoms with Crippen LogP contribution in [0.2, 0.25) is 0 Å². The van der Waals surface area contributed by atoms with Gasteiger partial charge in [-0.3, -0.25) is 0 Å². The van der Waals surface area contributed by atoms with Crippen molar-refractivity contribution in [2.75, 3.05) is 0 Å². The Hall–Kier alpha value is -3.02. The van der Waals surface area contributed by atoms with Crippen molar-refractivity contribution in [3.05, 3.63) is 59.1 Å². The van der Waals surface area contributed by atoms with Crippen molar-refractivity contribution in [2.45, 2.75) is 32.1 Å². The monoisotopic (exact) mass is 332 g/mol. The van der Waals surface area contributed by atoms with Gasteiger partial charge >= 0.3 is 5.97 Å². The molecule has 2 aromatic heterocycles. The maximum absolute atomic E-state index is 11.6. The molecule has 124 valence electrons. The molecule has 1 N–H and O–H groups in total. The molecule has 1 aliphatic heterocycles. The number of hydrogen-bond acceptors (Lipinski definition) is 4. The summed E-state index contributed by atoms with van der Waals surface area (Å²) in [6, 6.07) is 6.14. The minimum absolute atomic E-state index is 0.0886. The molecule has 3 aromatic rings. The quantitative estimate of drug-likeness (QED) is 0.610. The van der Waals surface area contributed by atoms with Gasteiger partial charge in [-0.1, -0.05) is 11.6 Å². The van der Waals surface area contributed by atoms with E-state index >= 15 is 0 Å². The number of rotatable bonds is 2. The van der Waals surface area contributed by atoms with Crippen LogP contribution in [0.4, 0.5) is 0 Å². The van der Waals surface area contributed by atoms with Crippen molar-refractivity contribution in [3.63, 3.8) is 0 Å². The third-order valence-corrected chi connectivity index (χ3v) is 4.92. The van der Waals surface area contributed by atoms with E-state index < -0.39 is 5.97 Å². The van der Waals surface area contributed by atoms with Gasteiger partial charge in [-0.15, -0.1) is 0 Å². The highest BCUT2D eigenvalue weighted by molar-refractivity contribution is 5.88. The Morgan fingerprint density at radius 3 is 2.88 bits per heavy atom. The molecule has 0 bridgehead atoms. The molecule has 0 saturated heterocycles. The van der Waals surface area contributed by atoms with Gasteiger partial charge in [0.1, 0.15) is 12.2 Å². The Balaban J connectivity index is 1.81. The lowest BCUT2D eigenvalue weighted by Crippen LogP contribution is -2.06. The first-order valence-electron chi connectivity index (χ1n) is 8.38. The van der Waals surface area contributed by atoms with Crippen LogP contribution in [0.3, 0.4) is 0 Å². The van der Waals surface area contributed by atoms with Crippen LogP contribution in [-0.2, 0) is 6.42 Å². The van der Waals surface area contributed by atoms with E-state index in [1.807, 2.05) is 29.8 Å². The number of nitrogens with zero attached hydrogens (tertiary/aromatic N) is 4. The molecule has 2 aliphatic rings. The number of fused-ring (bicyclic) bond motifs is 5.